The fraction of sp³-hybridized carbons (Fsp3) is 0.217. The zero-order valence-electron chi connectivity index (χ0n) is 19.0. The molecule has 1 aromatic carbocycles. The van der Waals surface area contributed by atoms with Gasteiger partial charge in [-0.1, -0.05) is 28.8 Å². The van der Waals surface area contributed by atoms with Gasteiger partial charge >= 0.3 is 6.03 Å². The fourth-order valence-electron chi connectivity index (χ4n) is 4.18. The van der Waals surface area contributed by atoms with Crippen LogP contribution in [-0.4, -0.2) is 41.8 Å². The monoisotopic (exact) mass is 488 g/mol. The molecule has 0 spiro atoms. The van der Waals surface area contributed by atoms with Crippen LogP contribution in [0.2, 0.25) is 5.02 Å². The summed E-state index contributed by atoms with van der Waals surface area (Å²) >= 11 is 6.17. The third-order valence-electron chi connectivity index (χ3n) is 5.92. The number of amides is 1. The van der Waals surface area contributed by atoms with Crippen LogP contribution in [0.4, 0.5) is 16.6 Å². The first-order chi connectivity index (χ1) is 16.9. The molecule has 0 bridgehead atoms. The van der Waals surface area contributed by atoms with Crippen molar-refractivity contribution in [2.75, 3.05) is 11.9 Å². The minimum Gasteiger partial charge on any atom is -0.311 e. The van der Waals surface area contributed by atoms with Crippen molar-refractivity contribution in [1.29, 1.82) is 0 Å². The van der Waals surface area contributed by atoms with Crippen LogP contribution in [0.25, 0.3) is 21.7 Å². The van der Waals surface area contributed by atoms with Gasteiger partial charge in [-0.2, -0.15) is 5.10 Å². The summed E-state index contributed by atoms with van der Waals surface area (Å²) in [7, 11) is 1.83. The van der Waals surface area contributed by atoms with Crippen LogP contribution in [0.3, 0.4) is 0 Å². The minimum atomic E-state index is -0.434. The predicted molar refractivity (Wildman–Crippen MR) is 131 cm³/mol. The van der Waals surface area contributed by atoms with E-state index in [1.165, 1.54) is 0 Å². The third-order valence-corrected chi connectivity index (χ3v) is 6.15. The lowest BCUT2D eigenvalue weighted by Gasteiger charge is -2.26. The van der Waals surface area contributed by atoms with E-state index in [4.69, 9.17) is 17.1 Å². The normalized spacial score (nSPS) is 13.5. The number of benzene rings is 1. The Morgan fingerprint density at radius 2 is 2.17 bits per heavy atom. The summed E-state index contributed by atoms with van der Waals surface area (Å²) in [4.78, 5) is 27.0. The van der Waals surface area contributed by atoms with Gasteiger partial charge in [-0.25, -0.2) is 14.8 Å². The molecule has 0 saturated carbocycles. The third kappa shape index (κ3) is 4.30. The van der Waals surface area contributed by atoms with E-state index in [0.29, 0.717) is 17.5 Å². The van der Waals surface area contributed by atoms with Crippen molar-refractivity contribution in [3.8, 4) is 11.3 Å². The zero-order valence-corrected chi connectivity index (χ0v) is 19.8. The quantitative estimate of drug-likeness (QED) is 0.216. The molecule has 12 heteroatoms. The van der Waals surface area contributed by atoms with Gasteiger partial charge in [-0.05, 0) is 41.8 Å². The Bertz CT molecular complexity index is 1470. The van der Waals surface area contributed by atoms with E-state index in [9.17, 15) is 4.79 Å². The molecule has 0 aliphatic carbocycles. The first-order valence-corrected chi connectivity index (χ1v) is 11.2. The van der Waals surface area contributed by atoms with E-state index in [1.807, 2.05) is 38.2 Å². The second-order valence-electron chi connectivity index (χ2n) is 8.18. The molecule has 0 unspecified atom stereocenters. The molecular weight excluding hydrogens is 468 g/mol. The number of aromatic nitrogens is 5. The van der Waals surface area contributed by atoms with E-state index in [1.54, 1.807) is 44.9 Å². The van der Waals surface area contributed by atoms with Crippen molar-refractivity contribution in [3.63, 3.8) is 0 Å². The number of azide groups is 1. The second-order valence-corrected chi connectivity index (χ2v) is 8.61. The molecule has 0 fully saturated rings. The molecule has 4 aromatic rings. The standard InChI is InChI=1S/C23H21ClN10O/c1-14-10-26-22(29-20-6-7-28-32(20)2)30-21(14)16-9-18-13-34(23(35)33(18)12-16)19(11-27-31-25)15-4-3-5-17(24)8-15/h3-10,12,19H,11,13H2,1-2H3,(H,26,29,30)/t19-/m1/s1. The number of fused-ring (bicyclic) bond motifs is 1. The lowest BCUT2D eigenvalue weighted by Crippen LogP contribution is -2.32. The number of rotatable bonds is 7. The highest BCUT2D eigenvalue weighted by Crippen LogP contribution is 2.34. The smallest absolute Gasteiger partial charge is 0.311 e. The number of halogens is 1. The lowest BCUT2D eigenvalue weighted by atomic mass is 10.1. The maximum atomic E-state index is 13.4. The minimum absolute atomic E-state index is 0.105. The number of carbonyl (C=O) groups excluding carboxylic acids is 1. The number of hydrogen-bond acceptors (Lipinski definition) is 6. The van der Waals surface area contributed by atoms with Crippen molar-refractivity contribution < 1.29 is 4.79 Å². The molecule has 4 heterocycles. The predicted octanol–water partition coefficient (Wildman–Crippen LogP) is 5.22. The summed E-state index contributed by atoms with van der Waals surface area (Å²) in [6.07, 6.45) is 5.21. The maximum absolute atomic E-state index is 13.4. The van der Waals surface area contributed by atoms with Crippen LogP contribution in [0.1, 0.15) is 22.9 Å². The van der Waals surface area contributed by atoms with E-state index in [0.717, 1.165) is 33.9 Å². The van der Waals surface area contributed by atoms with E-state index < -0.39 is 6.04 Å². The van der Waals surface area contributed by atoms with Gasteiger partial charge in [0.15, 0.2) is 0 Å². The van der Waals surface area contributed by atoms with Gasteiger partial charge in [-0.15, -0.1) is 0 Å². The van der Waals surface area contributed by atoms with Gasteiger partial charge in [0.2, 0.25) is 5.95 Å². The summed E-state index contributed by atoms with van der Waals surface area (Å²) in [5.41, 5.74) is 12.9. The van der Waals surface area contributed by atoms with Gasteiger partial charge in [0.05, 0.1) is 31.0 Å². The lowest BCUT2D eigenvalue weighted by molar-refractivity contribution is 0.188. The molecule has 1 aliphatic heterocycles. The molecule has 1 amide bonds. The highest BCUT2D eigenvalue weighted by molar-refractivity contribution is 6.30. The first kappa shape index (κ1) is 22.5. The molecular formula is C23H21ClN10O. The largest absolute Gasteiger partial charge is 0.329 e. The zero-order chi connectivity index (χ0) is 24.5. The number of carbonyl (C=O) groups is 1. The first-order valence-electron chi connectivity index (χ1n) is 10.8. The fourth-order valence-corrected chi connectivity index (χ4v) is 4.38. The summed E-state index contributed by atoms with van der Waals surface area (Å²) in [6.45, 7) is 2.39. The average Bonchev–Trinajstić information content (AvgIpc) is 3.52. The van der Waals surface area contributed by atoms with Crippen molar-refractivity contribution in [2.24, 2.45) is 12.2 Å². The van der Waals surface area contributed by atoms with Crippen molar-refractivity contribution in [3.05, 3.63) is 87.3 Å². The molecule has 3 aromatic heterocycles. The number of nitrogens with zero attached hydrogens (tertiary/aromatic N) is 9. The molecule has 1 atom stereocenters. The Hall–Kier alpha value is -4.34. The van der Waals surface area contributed by atoms with Gasteiger partial charge < -0.3 is 10.2 Å². The molecule has 1 aliphatic rings. The second kappa shape index (κ2) is 9.13. The number of hydrogen-bond donors (Lipinski definition) is 1. The Morgan fingerprint density at radius 1 is 1.31 bits per heavy atom. The summed E-state index contributed by atoms with van der Waals surface area (Å²) in [5.74, 6) is 1.20. The number of aryl methyl sites for hydroxylation is 2. The highest BCUT2D eigenvalue weighted by atomic mass is 35.5. The average molecular weight is 489 g/mol. The van der Waals surface area contributed by atoms with Crippen LogP contribution in [-0.2, 0) is 13.6 Å². The van der Waals surface area contributed by atoms with Crippen molar-refractivity contribution >= 4 is 29.4 Å². The van der Waals surface area contributed by atoms with Crippen molar-refractivity contribution in [1.82, 2.24) is 29.2 Å². The summed E-state index contributed by atoms with van der Waals surface area (Å²) < 4.78 is 3.30. The molecule has 35 heavy (non-hydrogen) atoms. The molecule has 11 nitrogen and oxygen atoms in total. The summed E-state index contributed by atoms with van der Waals surface area (Å²) in [5, 5.41) is 11.6. The molecule has 1 N–H and O–H groups in total. The van der Waals surface area contributed by atoms with Crippen LogP contribution in [0.15, 0.2) is 60.1 Å². The maximum Gasteiger partial charge on any atom is 0.329 e. The molecule has 0 radical (unpaired) electrons. The SMILES string of the molecule is Cc1cnc(Nc2ccnn2C)nc1-c1cc2n(c1)C(=O)N([C@H](CN=[N+]=[N-])c1cccc(Cl)c1)C2. The van der Waals surface area contributed by atoms with Gasteiger partial charge in [0, 0.05) is 46.7 Å². The van der Waals surface area contributed by atoms with Crippen LogP contribution >= 0.6 is 11.6 Å². The Kier molecular flexibility index (Phi) is 5.86. The van der Waals surface area contributed by atoms with Gasteiger partial charge in [0.1, 0.15) is 5.82 Å². The van der Waals surface area contributed by atoms with E-state index in [2.05, 4.69) is 30.4 Å². The Labute approximate surface area is 205 Å². The van der Waals surface area contributed by atoms with Crippen LogP contribution in [0.5, 0.6) is 0 Å². The van der Waals surface area contributed by atoms with E-state index in [-0.39, 0.29) is 12.6 Å². The number of anilines is 2. The van der Waals surface area contributed by atoms with Gasteiger partial charge in [-0.3, -0.25) is 9.25 Å². The molecule has 5 rings (SSSR count). The van der Waals surface area contributed by atoms with E-state index >= 15 is 0 Å². The molecule has 176 valence electrons. The van der Waals surface area contributed by atoms with Crippen LogP contribution < -0.4 is 5.32 Å². The topological polar surface area (TPSA) is 130 Å². The highest BCUT2D eigenvalue weighted by Gasteiger charge is 2.34. The number of nitrogens with one attached hydrogen (secondary N) is 1. The summed E-state index contributed by atoms with van der Waals surface area (Å²) in [6, 6.07) is 10.4. The van der Waals surface area contributed by atoms with Crippen LogP contribution in [0, 0.1) is 6.92 Å². The van der Waals surface area contributed by atoms with Gasteiger partial charge in [0.25, 0.3) is 0 Å². The van der Waals surface area contributed by atoms with Crippen molar-refractivity contribution in [2.45, 2.75) is 19.5 Å². The Morgan fingerprint density at radius 3 is 2.89 bits per heavy atom. The molecule has 0 saturated heterocycles. The Balaban J connectivity index is 1.43.